The molecule has 14 heteroatoms. The molecule has 0 spiro atoms. The number of piperidine rings is 3. The third kappa shape index (κ3) is 8.05. The van der Waals surface area contributed by atoms with E-state index in [9.17, 15) is 18.4 Å². The number of alkyl halides is 2. The number of nitrogens with one attached hydrogen (secondary N) is 2. The minimum Gasteiger partial charge on any atom is -0.371 e. The van der Waals surface area contributed by atoms with Gasteiger partial charge in [-0.1, -0.05) is 24.8 Å². The summed E-state index contributed by atoms with van der Waals surface area (Å²) in [6.45, 7) is 12.3. The number of carbonyl (C=O) groups excluding carboxylic acids is 2. The molecule has 2 N–H and O–H groups in total. The molecule has 9 rings (SSSR count). The topological polar surface area (TPSA) is 91.1 Å². The largest absolute Gasteiger partial charge is 0.371 e. The molecule has 0 saturated carbocycles. The fourth-order valence-corrected chi connectivity index (χ4v) is 10.7. The summed E-state index contributed by atoms with van der Waals surface area (Å²) in [6, 6.07) is 9.90. The van der Waals surface area contributed by atoms with Crippen LogP contribution in [-0.2, 0) is 35.6 Å². The molecule has 0 radical (unpaired) electrons. The highest BCUT2D eigenvalue weighted by molar-refractivity contribution is 5.86. The third-order valence-electron chi connectivity index (χ3n) is 14.0. The van der Waals surface area contributed by atoms with Crippen LogP contribution < -0.4 is 10.2 Å². The second kappa shape index (κ2) is 16.9. The quantitative estimate of drug-likeness (QED) is 0.127. The molecule has 4 aromatic rings. The second-order valence-electron chi connectivity index (χ2n) is 17.7. The molecular weight excluding hydrogens is 773 g/mol. The van der Waals surface area contributed by atoms with Crippen molar-refractivity contribution < 1.29 is 27.2 Å². The molecule has 1 unspecified atom stereocenters. The first kappa shape index (κ1) is 40.6. The Balaban J connectivity index is 0.780. The molecule has 10 nitrogen and oxygen atoms in total. The molecule has 60 heavy (non-hydrogen) atoms. The van der Waals surface area contributed by atoms with Crippen molar-refractivity contribution in [1.82, 2.24) is 35.1 Å². The second-order valence-corrected chi connectivity index (χ2v) is 17.7. The van der Waals surface area contributed by atoms with Crippen molar-refractivity contribution in [2.45, 2.75) is 96.1 Å². The Morgan fingerprint density at radius 3 is 2.38 bits per heavy atom. The third-order valence-corrected chi connectivity index (χ3v) is 14.0. The first-order chi connectivity index (χ1) is 29.0. The molecule has 0 aliphatic carbocycles. The fourth-order valence-electron chi connectivity index (χ4n) is 10.7. The van der Waals surface area contributed by atoms with Crippen molar-refractivity contribution in [2.75, 3.05) is 50.7 Å². The van der Waals surface area contributed by atoms with Gasteiger partial charge in [-0.05, 0) is 122 Å². The standard InChI is InChI=1S/C46H54F4N8O2/c1-28-17-32-24-57(25-33(32)18-31(28)23-58(27-59)42-6-3-29(2)52-46(42)60)34-9-12-54(13-10-34)22-30-7-14-55(15-8-30)35-19-39(47)44(40(48)20-35)45-37-4-5-41-38(21-51-53-41)36(37)11-16-56(45)26-43(49)50/h4-5,17-21,27,30,34,42-43,45H,2-3,6-16,22-26H2,1H3,(H,51,53)(H,52,60)/t42?,45-/m0/s1. The number of aromatic nitrogens is 2. The predicted octanol–water partition coefficient (Wildman–Crippen LogP) is 6.81. The van der Waals surface area contributed by atoms with Crippen LogP contribution in [0.1, 0.15) is 83.5 Å². The Morgan fingerprint density at radius 1 is 0.950 bits per heavy atom. The van der Waals surface area contributed by atoms with Crippen LogP contribution in [0.3, 0.4) is 0 Å². The molecule has 3 fully saturated rings. The van der Waals surface area contributed by atoms with Gasteiger partial charge in [-0.3, -0.25) is 24.5 Å². The van der Waals surface area contributed by atoms with E-state index >= 15 is 8.78 Å². The van der Waals surface area contributed by atoms with E-state index in [-0.39, 0.29) is 18.0 Å². The molecular formula is C46H54F4N8O2. The van der Waals surface area contributed by atoms with Crippen LogP contribution >= 0.6 is 0 Å². The number of carbonyl (C=O) groups is 2. The van der Waals surface area contributed by atoms with Crippen LogP contribution in [-0.4, -0.2) is 106 Å². The molecule has 6 heterocycles. The van der Waals surface area contributed by atoms with E-state index in [4.69, 9.17) is 0 Å². The van der Waals surface area contributed by atoms with Crippen molar-refractivity contribution in [2.24, 2.45) is 5.92 Å². The van der Waals surface area contributed by atoms with Gasteiger partial charge in [0.2, 0.25) is 12.3 Å². The number of fused-ring (bicyclic) bond motifs is 4. The number of rotatable bonds is 11. The Hall–Kier alpha value is -4.79. The van der Waals surface area contributed by atoms with Gasteiger partial charge >= 0.3 is 0 Å². The van der Waals surface area contributed by atoms with Crippen molar-refractivity contribution in [3.05, 3.63) is 105 Å². The van der Waals surface area contributed by atoms with Gasteiger partial charge in [-0.15, -0.1) is 0 Å². The molecule has 5 aliphatic rings. The number of hydrogen-bond donors (Lipinski definition) is 2. The number of nitrogens with zero attached hydrogens (tertiary/aromatic N) is 6. The molecule has 0 bridgehead atoms. The number of amides is 2. The maximum absolute atomic E-state index is 16.2. The van der Waals surface area contributed by atoms with E-state index in [1.165, 1.54) is 28.2 Å². The lowest BCUT2D eigenvalue weighted by Crippen LogP contribution is -2.48. The molecule has 1 aromatic heterocycles. The van der Waals surface area contributed by atoms with Gasteiger partial charge in [-0.25, -0.2) is 17.6 Å². The van der Waals surface area contributed by atoms with Crippen LogP contribution in [0.15, 0.2) is 54.9 Å². The highest BCUT2D eigenvalue weighted by atomic mass is 19.3. The zero-order valence-electron chi connectivity index (χ0n) is 34.2. The molecule has 3 aromatic carbocycles. The van der Waals surface area contributed by atoms with Crippen LogP contribution in [0, 0.1) is 24.5 Å². The van der Waals surface area contributed by atoms with Gasteiger partial charge in [-0.2, -0.15) is 5.10 Å². The average Bonchev–Trinajstić information content (AvgIpc) is 3.88. The predicted molar refractivity (Wildman–Crippen MR) is 222 cm³/mol. The number of allylic oxidation sites excluding steroid dienone is 1. The normalized spacial score (nSPS) is 22.4. The van der Waals surface area contributed by atoms with E-state index in [2.05, 4.69) is 55.8 Å². The Bertz CT molecular complexity index is 2240. The van der Waals surface area contributed by atoms with Crippen molar-refractivity contribution in [3.8, 4) is 0 Å². The van der Waals surface area contributed by atoms with Gasteiger partial charge in [0.1, 0.15) is 17.7 Å². The molecule has 5 aliphatic heterocycles. The Kier molecular flexibility index (Phi) is 11.5. The average molecular weight is 827 g/mol. The van der Waals surface area contributed by atoms with Gasteiger partial charge in [0.05, 0.1) is 24.3 Å². The Morgan fingerprint density at radius 2 is 1.68 bits per heavy atom. The summed E-state index contributed by atoms with van der Waals surface area (Å²) in [6.07, 6.45) is 5.63. The summed E-state index contributed by atoms with van der Waals surface area (Å²) in [5.74, 6) is -1.09. The summed E-state index contributed by atoms with van der Waals surface area (Å²) in [4.78, 5) is 35.0. The van der Waals surface area contributed by atoms with E-state index in [1.807, 2.05) is 0 Å². The number of aryl methyl sites for hydroxylation is 1. The van der Waals surface area contributed by atoms with Gasteiger partial charge in [0, 0.05) is 74.2 Å². The lowest BCUT2D eigenvalue weighted by Gasteiger charge is -2.40. The summed E-state index contributed by atoms with van der Waals surface area (Å²) in [7, 11) is 0. The summed E-state index contributed by atoms with van der Waals surface area (Å²) < 4.78 is 59.8. The summed E-state index contributed by atoms with van der Waals surface area (Å²) >= 11 is 0. The van der Waals surface area contributed by atoms with Crippen LogP contribution in [0.25, 0.3) is 10.9 Å². The molecule has 318 valence electrons. The number of aromatic amines is 1. The fraction of sp³-hybridized carbons (Fsp3) is 0.500. The highest BCUT2D eigenvalue weighted by Crippen LogP contribution is 2.42. The lowest BCUT2D eigenvalue weighted by molar-refractivity contribution is -0.134. The molecule has 2 atom stereocenters. The number of benzene rings is 3. The van der Waals surface area contributed by atoms with Gasteiger partial charge in [0.15, 0.2) is 0 Å². The first-order valence-electron chi connectivity index (χ1n) is 21.5. The van der Waals surface area contributed by atoms with Crippen molar-refractivity contribution in [3.63, 3.8) is 0 Å². The molecule has 2 amide bonds. The van der Waals surface area contributed by atoms with Gasteiger partial charge in [0.25, 0.3) is 6.43 Å². The highest BCUT2D eigenvalue weighted by Gasteiger charge is 2.37. The lowest BCUT2D eigenvalue weighted by atomic mass is 9.85. The van der Waals surface area contributed by atoms with Crippen molar-refractivity contribution >= 4 is 28.9 Å². The monoisotopic (exact) mass is 826 g/mol. The number of anilines is 1. The van der Waals surface area contributed by atoms with Crippen LogP contribution in [0.5, 0.6) is 0 Å². The number of halogens is 4. The maximum atomic E-state index is 16.2. The van der Waals surface area contributed by atoms with E-state index in [1.54, 1.807) is 23.2 Å². The number of hydrogen-bond acceptors (Lipinski definition) is 7. The van der Waals surface area contributed by atoms with E-state index < -0.39 is 36.7 Å². The smallest absolute Gasteiger partial charge is 0.251 e. The Labute approximate surface area is 348 Å². The zero-order valence-corrected chi connectivity index (χ0v) is 34.2. The molecule has 3 saturated heterocycles. The van der Waals surface area contributed by atoms with E-state index in [0.717, 1.165) is 92.4 Å². The SMILES string of the molecule is C=C1CCC(N(C=O)Cc2cc3c(cc2C)CN(C2CCN(CC4CCN(c5cc(F)c([C@@H]6c7ccc8[nH]ncc8c7CCN6CC(F)F)c(F)c5)CC4)CC2)C3)C(=O)N1. The van der Waals surface area contributed by atoms with Crippen LogP contribution in [0.2, 0.25) is 0 Å². The van der Waals surface area contributed by atoms with Crippen molar-refractivity contribution in [1.29, 1.82) is 0 Å². The first-order valence-corrected chi connectivity index (χ1v) is 21.5. The maximum Gasteiger partial charge on any atom is 0.251 e. The van der Waals surface area contributed by atoms with Crippen LogP contribution in [0.4, 0.5) is 23.2 Å². The zero-order chi connectivity index (χ0) is 41.7. The van der Waals surface area contributed by atoms with E-state index in [0.29, 0.717) is 67.8 Å². The minimum atomic E-state index is -2.64. The summed E-state index contributed by atoms with van der Waals surface area (Å²) in [5, 5.41) is 10.7. The number of H-pyrrole nitrogens is 1. The number of likely N-dealkylation sites (tertiary alicyclic amines) is 1. The summed E-state index contributed by atoms with van der Waals surface area (Å²) in [5.41, 5.74) is 8.20. The minimum absolute atomic E-state index is 0.167. The van der Waals surface area contributed by atoms with Gasteiger partial charge < -0.3 is 20.0 Å².